The van der Waals surface area contributed by atoms with Crippen molar-refractivity contribution in [1.82, 2.24) is 4.98 Å². The number of hydrogen-bond donors (Lipinski definition) is 0. The summed E-state index contributed by atoms with van der Waals surface area (Å²) in [5, 5.41) is 2.57. The standard InChI is InChI=1S/C17H23N/c1-16(2,3)13-7-8-14-12(9-13)10-18-11-15(14)17(4,5)6/h7-11H,1-6H3. The van der Waals surface area contributed by atoms with Gasteiger partial charge in [0.2, 0.25) is 0 Å². The first-order chi connectivity index (χ1) is 8.19. The number of nitrogens with zero attached hydrogens (tertiary/aromatic N) is 1. The molecule has 0 N–H and O–H groups in total. The third-order valence-corrected chi connectivity index (χ3v) is 3.43. The van der Waals surface area contributed by atoms with E-state index in [0.717, 1.165) is 0 Å². The molecule has 0 spiro atoms. The first-order valence-electron chi connectivity index (χ1n) is 6.58. The maximum Gasteiger partial charge on any atom is 0.0346 e. The Balaban J connectivity index is 2.68. The molecule has 0 fully saturated rings. The van der Waals surface area contributed by atoms with Crippen molar-refractivity contribution in [2.75, 3.05) is 0 Å². The molecule has 0 aliphatic heterocycles. The highest BCUT2D eigenvalue weighted by molar-refractivity contribution is 5.86. The number of rotatable bonds is 0. The Morgan fingerprint density at radius 2 is 1.50 bits per heavy atom. The number of pyridine rings is 1. The van der Waals surface area contributed by atoms with Crippen LogP contribution in [0.4, 0.5) is 0 Å². The molecule has 0 aliphatic carbocycles. The molecule has 1 heterocycles. The van der Waals surface area contributed by atoms with E-state index in [2.05, 4.69) is 64.7 Å². The number of benzene rings is 1. The molecule has 2 aromatic rings. The Hall–Kier alpha value is -1.37. The summed E-state index contributed by atoms with van der Waals surface area (Å²) in [5.74, 6) is 0. The molecule has 0 aliphatic rings. The lowest BCUT2D eigenvalue weighted by Crippen LogP contribution is -2.13. The fourth-order valence-corrected chi connectivity index (χ4v) is 2.24. The zero-order chi connectivity index (χ0) is 13.6. The quantitative estimate of drug-likeness (QED) is 0.643. The van der Waals surface area contributed by atoms with Gasteiger partial charge in [-0.1, -0.05) is 53.7 Å². The average molecular weight is 241 g/mol. The van der Waals surface area contributed by atoms with Gasteiger partial charge in [0.15, 0.2) is 0 Å². The Kier molecular flexibility index (Phi) is 2.96. The summed E-state index contributed by atoms with van der Waals surface area (Å²) in [6.07, 6.45) is 3.97. The minimum absolute atomic E-state index is 0.135. The first kappa shape index (κ1) is 13.1. The van der Waals surface area contributed by atoms with Crippen LogP contribution in [0.25, 0.3) is 10.8 Å². The van der Waals surface area contributed by atoms with Crippen LogP contribution in [0, 0.1) is 0 Å². The predicted molar refractivity (Wildman–Crippen MR) is 79.1 cm³/mol. The molecule has 0 unspecified atom stereocenters. The van der Waals surface area contributed by atoms with Crippen LogP contribution >= 0.6 is 0 Å². The molecule has 2 rings (SSSR count). The lowest BCUT2D eigenvalue weighted by molar-refractivity contribution is 0.589. The number of fused-ring (bicyclic) bond motifs is 1. The van der Waals surface area contributed by atoms with Gasteiger partial charge in [-0.2, -0.15) is 0 Å². The minimum Gasteiger partial charge on any atom is -0.264 e. The van der Waals surface area contributed by atoms with Gasteiger partial charge >= 0.3 is 0 Å². The molecule has 18 heavy (non-hydrogen) atoms. The van der Waals surface area contributed by atoms with E-state index in [1.54, 1.807) is 0 Å². The van der Waals surface area contributed by atoms with Gasteiger partial charge in [-0.3, -0.25) is 4.98 Å². The van der Waals surface area contributed by atoms with Crippen molar-refractivity contribution < 1.29 is 0 Å². The molecule has 1 nitrogen and oxygen atoms in total. The van der Waals surface area contributed by atoms with Gasteiger partial charge in [0.1, 0.15) is 0 Å². The highest BCUT2D eigenvalue weighted by Gasteiger charge is 2.19. The summed E-state index contributed by atoms with van der Waals surface area (Å²) in [5.41, 5.74) is 3.00. The summed E-state index contributed by atoms with van der Waals surface area (Å²) in [6.45, 7) is 13.4. The van der Waals surface area contributed by atoms with Crippen LogP contribution in [0.1, 0.15) is 52.7 Å². The van der Waals surface area contributed by atoms with Crippen molar-refractivity contribution in [3.63, 3.8) is 0 Å². The van der Waals surface area contributed by atoms with Crippen molar-refractivity contribution in [3.05, 3.63) is 41.7 Å². The molecular weight excluding hydrogens is 218 g/mol. The van der Waals surface area contributed by atoms with Gasteiger partial charge in [0, 0.05) is 17.8 Å². The van der Waals surface area contributed by atoms with Crippen molar-refractivity contribution in [2.45, 2.75) is 52.4 Å². The topological polar surface area (TPSA) is 12.9 Å². The zero-order valence-electron chi connectivity index (χ0n) is 12.3. The highest BCUT2D eigenvalue weighted by Crippen LogP contribution is 2.32. The van der Waals surface area contributed by atoms with E-state index in [1.807, 2.05) is 12.4 Å². The van der Waals surface area contributed by atoms with Crippen LogP contribution in [0.5, 0.6) is 0 Å². The van der Waals surface area contributed by atoms with Crippen molar-refractivity contribution in [2.24, 2.45) is 0 Å². The van der Waals surface area contributed by atoms with Gasteiger partial charge in [0.05, 0.1) is 0 Å². The fraction of sp³-hybridized carbons (Fsp3) is 0.471. The van der Waals surface area contributed by atoms with E-state index in [4.69, 9.17) is 0 Å². The molecule has 0 amide bonds. The Morgan fingerprint density at radius 1 is 0.833 bits per heavy atom. The summed E-state index contributed by atoms with van der Waals surface area (Å²) in [4.78, 5) is 4.40. The second-order valence-corrected chi connectivity index (χ2v) is 7.12. The van der Waals surface area contributed by atoms with Gasteiger partial charge in [0.25, 0.3) is 0 Å². The monoisotopic (exact) mass is 241 g/mol. The van der Waals surface area contributed by atoms with E-state index in [-0.39, 0.29) is 10.8 Å². The SMILES string of the molecule is CC(C)(C)c1ccc2c(C(C)(C)C)cncc2c1. The maximum atomic E-state index is 4.40. The van der Waals surface area contributed by atoms with E-state index in [1.165, 1.54) is 21.9 Å². The van der Waals surface area contributed by atoms with E-state index in [0.29, 0.717) is 0 Å². The molecule has 0 atom stereocenters. The fourth-order valence-electron chi connectivity index (χ4n) is 2.24. The van der Waals surface area contributed by atoms with Gasteiger partial charge < -0.3 is 0 Å². The molecule has 1 aromatic heterocycles. The summed E-state index contributed by atoms with van der Waals surface area (Å²) >= 11 is 0. The van der Waals surface area contributed by atoms with Crippen LogP contribution in [0.3, 0.4) is 0 Å². The van der Waals surface area contributed by atoms with Crippen molar-refractivity contribution in [1.29, 1.82) is 0 Å². The van der Waals surface area contributed by atoms with Gasteiger partial charge in [-0.15, -0.1) is 0 Å². The number of hydrogen-bond acceptors (Lipinski definition) is 1. The van der Waals surface area contributed by atoms with Crippen LogP contribution < -0.4 is 0 Å². The maximum absolute atomic E-state index is 4.40. The third kappa shape index (κ3) is 2.40. The van der Waals surface area contributed by atoms with Crippen molar-refractivity contribution in [3.8, 4) is 0 Å². The second-order valence-electron chi connectivity index (χ2n) is 7.12. The van der Waals surface area contributed by atoms with Crippen LogP contribution in [0.2, 0.25) is 0 Å². The Labute approximate surface area is 110 Å². The van der Waals surface area contributed by atoms with Crippen molar-refractivity contribution >= 4 is 10.8 Å². The smallest absolute Gasteiger partial charge is 0.0346 e. The van der Waals surface area contributed by atoms with Crippen LogP contribution in [0.15, 0.2) is 30.6 Å². The summed E-state index contributed by atoms with van der Waals surface area (Å²) in [6, 6.07) is 6.77. The zero-order valence-corrected chi connectivity index (χ0v) is 12.3. The largest absolute Gasteiger partial charge is 0.264 e. The van der Waals surface area contributed by atoms with Crippen LogP contribution in [-0.2, 0) is 10.8 Å². The predicted octanol–water partition coefficient (Wildman–Crippen LogP) is 4.83. The normalized spacial score (nSPS) is 13.0. The summed E-state index contributed by atoms with van der Waals surface area (Å²) in [7, 11) is 0. The van der Waals surface area contributed by atoms with Crippen LogP contribution in [-0.4, -0.2) is 4.98 Å². The minimum atomic E-state index is 0.135. The third-order valence-electron chi connectivity index (χ3n) is 3.43. The lowest BCUT2D eigenvalue weighted by atomic mass is 9.82. The van der Waals surface area contributed by atoms with Gasteiger partial charge in [-0.05, 0) is 33.4 Å². The van der Waals surface area contributed by atoms with E-state index < -0.39 is 0 Å². The molecule has 0 saturated heterocycles. The molecule has 0 radical (unpaired) electrons. The molecule has 1 aromatic carbocycles. The average Bonchev–Trinajstić information content (AvgIpc) is 2.25. The summed E-state index contributed by atoms with van der Waals surface area (Å²) < 4.78 is 0. The second kappa shape index (κ2) is 4.08. The molecule has 0 saturated carbocycles. The Bertz CT molecular complexity index is 568. The number of aromatic nitrogens is 1. The molecule has 1 heteroatoms. The molecule has 96 valence electrons. The highest BCUT2D eigenvalue weighted by atomic mass is 14.6. The Morgan fingerprint density at radius 3 is 2.06 bits per heavy atom. The lowest BCUT2D eigenvalue weighted by Gasteiger charge is -2.23. The van der Waals surface area contributed by atoms with Gasteiger partial charge in [-0.25, -0.2) is 0 Å². The molecule has 0 bridgehead atoms. The van der Waals surface area contributed by atoms with E-state index in [9.17, 15) is 0 Å². The molecular formula is C17H23N. The first-order valence-corrected chi connectivity index (χ1v) is 6.58. The van der Waals surface area contributed by atoms with E-state index >= 15 is 0 Å².